The summed E-state index contributed by atoms with van der Waals surface area (Å²) >= 11 is 0. The summed E-state index contributed by atoms with van der Waals surface area (Å²) in [4.78, 5) is 10.5. The Morgan fingerprint density at radius 3 is 2.25 bits per heavy atom. The van der Waals surface area contributed by atoms with Crippen molar-refractivity contribution in [1.29, 1.82) is 0 Å². The van der Waals surface area contributed by atoms with Gasteiger partial charge in [0.1, 0.15) is 0 Å². The van der Waals surface area contributed by atoms with E-state index >= 15 is 0 Å². The maximum absolute atomic E-state index is 10.5. The van der Waals surface area contributed by atoms with E-state index < -0.39 is 0 Å². The zero-order valence-electron chi connectivity index (χ0n) is 8.26. The summed E-state index contributed by atoms with van der Waals surface area (Å²) < 4.78 is 0. The molecule has 0 saturated carbocycles. The average molecular weight is 172 g/mol. The van der Waals surface area contributed by atoms with Crippen LogP contribution in [0.2, 0.25) is 0 Å². The van der Waals surface area contributed by atoms with Gasteiger partial charge < -0.3 is 11.5 Å². The van der Waals surface area contributed by atoms with Crippen molar-refractivity contribution in [3.05, 3.63) is 0 Å². The molecule has 1 unspecified atom stereocenters. The first-order chi connectivity index (χ1) is 5.31. The quantitative estimate of drug-likeness (QED) is 0.664. The van der Waals surface area contributed by atoms with Crippen LogP contribution < -0.4 is 11.5 Å². The van der Waals surface area contributed by atoms with Crippen LogP contribution in [0.4, 0.5) is 0 Å². The molecule has 1 atom stereocenters. The lowest BCUT2D eigenvalue weighted by molar-refractivity contribution is -0.118. The second-order valence-electron chi connectivity index (χ2n) is 4.53. The summed E-state index contributed by atoms with van der Waals surface area (Å²) in [6, 6.07) is -0.0678. The first-order valence-electron chi connectivity index (χ1n) is 4.35. The fourth-order valence-corrected chi connectivity index (χ4v) is 0.979. The Bertz CT molecular complexity index is 149. The SMILES string of the molecule is CC(C)(C)CCC(N)CC(N)=O. The van der Waals surface area contributed by atoms with Gasteiger partial charge >= 0.3 is 0 Å². The molecule has 1 amide bonds. The van der Waals surface area contributed by atoms with E-state index in [0.717, 1.165) is 12.8 Å². The molecule has 4 N–H and O–H groups in total. The molecule has 0 aromatic rings. The fraction of sp³-hybridized carbons (Fsp3) is 0.889. The first-order valence-corrected chi connectivity index (χ1v) is 4.35. The van der Waals surface area contributed by atoms with Gasteiger partial charge in [-0.3, -0.25) is 4.79 Å². The zero-order chi connectivity index (χ0) is 9.78. The fourth-order valence-electron chi connectivity index (χ4n) is 0.979. The lowest BCUT2D eigenvalue weighted by Gasteiger charge is -2.20. The number of hydrogen-bond donors (Lipinski definition) is 2. The van der Waals surface area contributed by atoms with Gasteiger partial charge in [-0.25, -0.2) is 0 Å². The highest BCUT2D eigenvalue weighted by Crippen LogP contribution is 2.21. The zero-order valence-corrected chi connectivity index (χ0v) is 8.26. The van der Waals surface area contributed by atoms with Gasteiger partial charge in [0.2, 0.25) is 5.91 Å². The molecule has 0 bridgehead atoms. The van der Waals surface area contributed by atoms with Crippen LogP contribution in [0.1, 0.15) is 40.0 Å². The molecule has 0 aliphatic carbocycles. The van der Waals surface area contributed by atoms with Gasteiger partial charge in [0.05, 0.1) is 0 Å². The number of hydrogen-bond acceptors (Lipinski definition) is 2. The molecule has 0 rings (SSSR count). The molecule has 0 fully saturated rings. The van der Waals surface area contributed by atoms with Crippen molar-refractivity contribution in [3.8, 4) is 0 Å². The van der Waals surface area contributed by atoms with E-state index in [0.29, 0.717) is 6.42 Å². The molecule has 0 heterocycles. The minimum absolute atomic E-state index is 0.0678. The number of amides is 1. The standard InChI is InChI=1S/C9H20N2O/c1-9(2,3)5-4-7(10)6-8(11)12/h7H,4-6,10H2,1-3H3,(H2,11,12). The first kappa shape index (κ1) is 11.4. The molecule has 0 saturated heterocycles. The lowest BCUT2D eigenvalue weighted by Crippen LogP contribution is -2.28. The average Bonchev–Trinajstić information content (AvgIpc) is 1.80. The van der Waals surface area contributed by atoms with E-state index in [-0.39, 0.29) is 17.4 Å². The van der Waals surface area contributed by atoms with E-state index in [2.05, 4.69) is 20.8 Å². The van der Waals surface area contributed by atoms with E-state index in [4.69, 9.17) is 11.5 Å². The van der Waals surface area contributed by atoms with Gasteiger partial charge in [-0.15, -0.1) is 0 Å². The van der Waals surface area contributed by atoms with Gasteiger partial charge in [-0.05, 0) is 18.3 Å². The van der Waals surface area contributed by atoms with Crippen molar-refractivity contribution in [2.24, 2.45) is 16.9 Å². The molecule has 3 heteroatoms. The second kappa shape index (κ2) is 4.45. The molecule has 12 heavy (non-hydrogen) atoms. The third-order valence-electron chi connectivity index (χ3n) is 1.73. The second-order valence-corrected chi connectivity index (χ2v) is 4.53. The smallest absolute Gasteiger partial charge is 0.218 e. The topological polar surface area (TPSA) is 69.1 Å². The summed E-state index contributed by atoms with van der Waals surface area (Å²) in [5, 5.41) is 0. The molecular formula is C9H20N2O. The number of carbonyl (C=O) groups excluding carboxylic acids is 1. The van der Waals surface area contributed by atoms with Crippen LogP contribution in [-0.4, -0.2) is 11.9 Å². The van der Waals surface area contributed by atoms with Crippen LogP contribution in [-0.2, 0) is 4.79 Å². The molecule has 72 valence electrons. The van der Waals surface area contributed by atoms with Crippen molar-refractivity contribution in [3.63, 3.8) is 0 Å². The van der Waals surface area contributed by atoms with E-state index in [1.54, 1.807) is 0 Å². The predicted octanol–water partition coefficient (Wildman–Crippen LogP) is 1.02. The maximum atomic E-state index is 10.5. The Labute approximate surface area is 74.5 Å². The minimum Gasteiger partial charge on any atom is -0.370 e. The Hall–Kier alpha value is -0.570. The van der Waals surface area contributed by atoms with E-state index in [9.17, 15) is 4.79 Å². The van der Waals surface area contributed by atoms with Crippen LogP contribution in [0, 0.1) is 5.41 Å². The minimum atomic E-state index is -0.309. The number of carbonyl (C=O) groups is 1. The summed E-state index contributed by atoms with van der Waals surface area (Å²) in [6.45, 7) is 6.47. The van der Waals surface area contributed by atoms with Crippen LogP contribution in [0.5, 0.6) is 0 Å². The Morgan fingerprint density at radius 1 is 1.42 bits per heavy atom. The highest BCUT2D eigenvalue weighted by atomic mass is 16.1. The van der Waals surface area contributed by atoms with Crippen LogP contribution in [0.3, 0.4) is 0 Å². The molecule has 0 aliphatic rings. The summed E-state index contributed by atoms with van der Waals surface area (Å²) in [5.74, 6) is -0.309. The monoisotopic (exact) mass is 172 g/mol. The molecular weight excluding hydrogens is 152 g/mol. The van der Waals surface area contributed by atoms with Crippen molar-refractivity contribution in [2.45, 2.75) is 46.1 Å². The third kappa shape index (κ3) is 7.54. The molecule has 3 nitrogen and oxygen atoms in total. The molecule has 0 aliphatic heterocycles. The number of rotatable bonds is 4. The third-order valence-corrected chi connectivity index (χ3v) is 1.73. The highest BCUT2D eigenvalue weighted by Gasteiger charge is 2.13. The van der Waals surface area contributed by atoms with Gasteiger partial charge in [0.15, 0.2) is 0 Å². The van der Waals surface area contributed by atoms with Gasteiger partial charge in [-0.2, -0.15) is 0 Å². The number of primary amides is 1. The van der Waals surface area contributed by atoms with Crippen molar-refractivity contribution in [2.75, 3.05) is 0 Å². The van der Waals surface area contributed by atoms with Gasteiger partial charge in [0, 0.05) is 12.5 Å². The van der Waals surface area contributed by atoms with Crippen molar-refractivity contribution in [1.82, 2.24) is 0 Å². The highest BCUT2D eigenvalue weighted by molar-refractivity contribution is 5.74. The Kier molecular flexibility index (Phi) is 4.24. The van der Waals surface area contributed by atoms with E-state index in [1.165, 1.54) is 0 Å². The van der Waals surface area contributed by atoms with Crippen LogP contribution in [0.15, 0.2) is 0 Å². The van der Waals surface area contributed by atoms with Crippen LogP contribution in [0.25, 0.3) is 0 Å². The molecule has 0 radical (unpaired) electrons. The van der Waals surface area contributed by atoms with Crippen LogP contribution >= 0.6 is 0 Å². The van der Waals surface area contributed by atoms with E-state index in [1.807, 2.05) is 0 Å². The summed E-state index contributed by atoms with van der Waals surface area (Å²) in [7, 11) is 0. The normalized spacial score (nSPS) is 14.3. The van der Waals surface area contributed by atoms with Gasteiger partial charge in [0.25, 0.3) is 0 Å². The lowest BCUT2D eigenvalue weighted by atomic mass is 9.88. The maximum Gasteiger partial charge on any atom is 0.218 e. The number of nitrogens with two attached hydrogens (primary N) is 2. The predicted molar refractivity (Wildman–Crippen MR) is 50.5 cm³/mol. The molecule has 0 aromatic heterocycles. The Balaban J connectivity index is 3.57. The molecule has 0 spiro atoms. The summed E-state index contributed by atoms with van der Waals surface area (Å²) in [5.41, 5.74) is 11.0. The largest absolute Gasteiger partial charge is 0.370 e. The van der Waals surface area contributed by atoms with Crippen molar-refractivity contribution >= 4 is 5.91 Å². The summed E-state index contributed by atoms with van der Waals surface area (Å²) in [6.07, 6.45) is 2.20. The van der Waals surface area contributed by atoms with Gasteiger partial charge in [-0.1, -0.05) is 20.8 Å². The molecule has 0 aromatic carbocycles. The van der Waals surface area contributed by atoms with Crippen molar-refractivity contribution < 1.29 is 4.79 Å². The Morgan fingerprint density at radius 2 is 1.92 bits per heavy atom.